The van der Waals surface area contributed by atoms with Crippen molar-refractivity contribution in [3.05, 3.63) is 20.7 Å². The zero-order chi connectivity index (χ0) is 13.1. The molecule has 1 aromatic rings. The zero-order valence-corrected chi connectivity index (χ0v) is 11.2. The van der Waals surface area contributed by atoms with E-state index in [0.717, 1.165) is 5.69 Å². The highest BCUT2D eigenvalue weighted by atomic mass is 32.1. The number of nitrogens with zero attached hydrogens (tertiary/aromatic N) is 1. The highest BCUT2D eigenvalue weighted by Crippen LogP contribution is 2.19. The predicted octanol–water partition coefficient (Wildman–Crippen LogP) is 0.638. The third-order valence-corrected chi connectivity index (χ3v) is 4.12. The van der Waals surface area contributed by atoms with E-state index in [1.165, 1.54) is 11.3 Å². The second-order valence-electron chi connectivity index (χ2n) is 4.79. The number of aromatic nitrogens is 1. The van der Waals surface area contributed by atoms with Crippen LogP contribution in [0.15, 0.2) is 10.2 Å². The number of rotatable bonds is 5. The number of hydrogen-bond acceptors (Lipinski definition) is 4. The average molecular weight is 270 g/mol. The Hall–Kier alpha value is -1.14. The lowest BCUT2D eigenvalue weighted by Crippen LogP contribution is -2.46. The van der Waals surface area contributed by atoms with Gasteiger partial charge in [-0.2, -0.15) is 0 Å². The summed E-state index contributed by atoms with van der Waals surface area (Å²) in [5, 5.41) is 13.8. The molecule has 0 unspecified atom stereocenters. The second kappa shape index (κ2) is 5.67. The number of aliphatic hydroxyl groups is 1. The summed E-state index contributed by atoms with van der Waals surface area (Å²) in [4.78, 5) is 23.0. The van der Waals surface area contributed by atoms with Crippen molar-refractivity contribution < 1.29 is 9.90 Å². The van der Waals surface area contributed by atoms with E-state index >= 15 is 0 Å². The van der Waals surface area contributed by atoms with Gasteiger partial charge in [-0.15, -0.1) is 0 Å². The minimum Gasteiger partial charge on any atom is -0.393 e. The second-order valence-corrected chi connectivity index (χ2v) is 5.61. The zero-order valence-electron chi connectivity index (χ0n) is 10.4. The van der Waals surface area contributed by atoms with E-state index in [9.17, 15) is 9.59 Å². The van der Waals surface area contributed by atoms with Gasteiger partial charge in [0.15, 0.2) is 0 Å². The van der Waals surface area contributed by atoms with Crippen LogP contribution in [0.25, 0.3) is 0 Å². The molecule has 0 spiro atoms. The quantitative estimate of drug-likeness (QED) is 0.824. The van der Waals surface area contributed by atoms with E-state index in [2.05, 4.69) is 5.32 Å². The van der Waals surface area contributed by atoms with Crippen LogP contribution in [0.1, 0.15) is 31.4 Å². The van der Waals surface area contributed by atoms with Gasteiger partial charge in [-0.1, -0.05) is 11.3 Å². The maximum atomic E-state index is 11.6. The summed E-state index contributed by atoms with van der Waals surface area (Å²) in [6, 6.07) is 0.137. The molecule has 1 aromatic heterocycles. The molecule has 2 N–H and O–H groups in total. The van der Waals surface area contributed by atoms with E-state index in [1.54, 1.807) is 4.57 Å². The first kappa shape index (κ1) is 13.3. The van der Waals surface area contributed by atoms with Crippen molar-refractivity contribution in [3.63, 3.8) is 0 Å². The van der Waals surface area contributed by atoms with Crippen LogP contribution in [-0.2, 0) is 11.3 Å². The van der Waals surface area contributed by atoms with Crippen molar-refractivity contribution >= 4 is 17.2 Å². The highest BCUT2D eigenvalue weighted by Gasteiger charge is 2.27. The lowest BCUT2D eigenvalue weighted by molar-refractivity contribution is -0.123. The molecule has 2 rings (SSSR count). The van der Waals surface area contributed by atoms with E-state index in [0.29, 0.717) is 32.2 Å². The third-order valence-electron chi connectivity index (χ3n) is 3.24. The van der Waals surface area contributed by atoms with Crippen LogP contribution in [0.4, 0.5) is 0 Å². The van der Waals surface area contributed by atoms with Crippen LogP contribution in [0.2, 0.25) is 0 Å². The van der Waals surface area contributed by atoms with Crippen molar-refractivity contribution in [3.8, 4) is 0 Å². The summed E-state index contributed by atoms with van der Waals surface area (Å²) in [6.07, 6.45) is 2.17. The predicted molar refractivity (Wildman–Crippen MR) is 69.7 cm³/mol. The van der Waals surface area contributed by atoms with Crippen molar-refractivity contribution in [2.24, 2.45) is 0 Å². The molecule has 0 bridgehead atoms. The minimum atomic E-state index is -0.248. The summed E-state index contributed by atoms with van der Waals surface area (Å²) < 4.78 is 1.70. The SMILES string of the molecule is Cc1csc(=O)n1CCCC(=O)NC1CC(O)C1. The molecule has 5 nitrogen and oxygen atoms in total. The van der Waals surface area contributed by atoms with Gasteiger partial charge in [-0.25, -0.2) is 0 Å². The summed E-state index contributed by atoms with van der Waals surface area (Å²) in [7, 11) is 0. The molecule has 0 aliphatic heterocycles. The van der Waals surface area contributed by atoms with Gasteiger partial charge in [0.2, 0.25) is 5.91 Å². The molecule has 0 aromatic carbocycles. The molecule has 1 aliphatic carbocycles. The summed E-state index contributed by atoms with van der Waals surface area (Å²) in [5.74, 6) is 0.00725. The molecule has 6 heteroatoms. The first-order valence-corrected chi connectivity index (χ1v) is 7.06. The van der Waals surface area contributed by atoms with Gasteiger partial charge in [0.25, 0.3) is 0 Å². The number of thiazole rings is 1. The van der Waals surface area contributed by atoms with Crippen LogP contribution < -0.4 is 10.2 Å². The van der Waals surface area contributed by atoms with Gasteiger partial charge >= 0.3 is 4.87 Å². The lowest BCUT2D eigenvalue weighted by atomic mass is 9.89. The highest BCUT2D eigenvalue weighted by molar-refractivity contribution is 7.07. The van der Waals surface area contributed by atoms with Crippen molar-refractivity contribution in [2.75, 3.05) is 0 Å². The Bertz CT molecular complexity index is 474. The van der Waals surface area contributed by atoms with Crippen LogP contribution in [0.5, 0.6) is 0 Å². The Morgan fingerprint density at radius 2 is 2.33 bits per heavy atom. The molecule has 0 radical (unpaired) electrons. The number of aliphatic hydroxyl groups excluding tert-OH is 1. The van der Waals surface area contributed by atoms with Crippen molar-refractivity contribution in [2.45, 2.75) is 51.3 Å². The molecule has 1 amide bonds. The lowest BCUT2D eigenvalue weighted by Gasteiger charge is -2.31. The molecular formula is C12H18N2O3S. The fraction of sp³-hybridized carbons (Fsp3) is 0.667. The molecule has 1 fully saturated rings. The molecule has 1 saturated carbocycles. The van der Waals surface area contributed by atoms with Crippen molar-refractivity contribution in [1.82, 2.24) is 9.88 Å². The Kier molecular flexibility index (Phi) is 4.19. The standard InChI is InChI=1S/C12H18N2O3S/c1-8-7-18-12(17)14(8)4-2-3-11(16)13-9-5-10(15)6-9/h7,9-10,15H,2-6H2,1H3,(H,13,16). The average Bonchev–Trinajstić information content (AvgIpc) is 2.58. The first-order chi connectivity index (χ1) is 8.56. The summed E-state index contributed by atoms with van der Waals surface area (Å²) in [5.41, 5.74) is 0.951. The van der Waals surface area contributed by atoms with Gasteiger partial charge in [0.05, 0.1) is 6.10 Å². The fourth-order valence-electron chi connectivity index (χ4n) is 2.08. The van der Waals surface area contributed by atoms with Gasteiger partial charge < -0.3 is 15.0 Å². The normalized spacial score (nSPS) is 22.6. The maximum Gasteiger partial charge on any atom is 0.307 e. The van der Waals surface area contributed by atoms with E-state index in [-0.39, 0.29) is 22.9 Å². The number of hydrogen-bond donors (Lipinski definition) is 2. The largest absolute Gasteiger partial charge is 0.393 e. The smallest absolute Gasteiger partial charge is 0.307 e. The monoisotopic (exact) mass is 270 g/mol. The van der Waals surface area contributed by atoms with Gasteiger partial charge in [-0.3, -0.25) is 9.59 Å². The summed E-state index contributed by atoms with van der Waals surface area (Å²) >= 11 is 1.19. The number of nitrogens with one attached hydrogen (secondary N) is 1. The Morgan fingerprint density at radius 1 is 1.61 bits per heavy atom. The van der Waals surface area contributed by atoms with E-state index in [1.807, 2.05) is 12.3 Å². The topological polar surface area (TPSA) is 71.3 Å². The molecule has 1 heterocycles. The van der Waals surface area contributed by atoms with Crippen LogP contribution in [-0.4, -0.2) is 27.7 Å². The van der Waals surface area contributed by atoms with E-state index < -0.39 is 0 Å². The van der Waals surface area contributed by atoms with Gasteiger partial charge in [0, 0.05) is 30.1 Å². The van der Waals surface area contributed by atoms with Crippen LogP contribution >= 0.6 is 11.3 Å². The number of carbonyl (C=O) groups is 1. The summed E-state index contributed by atoms with van der Waals surface area (Å²) in [6.45, 7) is 2.49. The first-order valence-electron chi connectivity index (χ1n) is 6.18. The van der Waals surface area contributed by atoms with Gasteiger partial charge in [0.1, 0.15) is 0 Å². The van der Waals surface area contributed by atoms with E-state index in [4.69, 9.17) is 5.11 Å². The minimum absolute atomic E-state index is 0.00725. The van der Waals surface area contributed by atoms with Crippen LogP contribution in [0, 0.1) is 6.92 Å². The Labute approximate surface area is 109 Å². The van der Waals surface area contributed by atoms with Crippen LogP contribution in [0.3, 0.4) is 0 Å². The Morgan fingerprint density at radius 3 is 2.89 bits per heavy atom. The maximum absolute atomic E-state index is 11.6. The number of carbonyl (C=O) groups excluding carboxylic acids is 1. The number of amides is 1. The molecule has 1 aliphatic rings. The van der Waals surface area contributed by atoms with Gasteiger partial charge in [-0.05, 0) is 26.2 Å². The van der Waals surface area contributed by atoms with Crippen molar-refractivity contribution in [1.29, 1.82) is 0 Å². The fourth-order valence-corrected chi connectivity index (χ4v) is 2.84. The number of aryl methyl sites for hydroxylation is 1. The molecule has 18 heavy (non-hydrogen) atoms. The molecule has 0 saturated heterocycles. The molecule has 100 valence electrons. The molecular weight excluding hydrogens is 252 g/mol. The molecule has 0 atom stereocenters. The third kappa shape index (κ3) is 3.20. The Balaban J connectivity index is 1.69.